The highest BCUT2D eigenvalue weighted by atomic mass is 127. The molecule has 180 valence electrons. The van der Waals surface area contributed by atoms with Crippen LogP contribution in [0.15, 0.2) is 41.5 Å². The zero-order chi connectivity index (χ0) is 22.9. The second kappa shape index (κ2) is 13.2. The van der Waals surface area contributed by atoms with E-state index in [0.717, 1.165) is 35.6 Å². The minimum atomic E-state index is -0.0150. The number of carbonyl (C=O) groups is 1. The Labute approximate surface area is 213 Å². The molecule has 1 amide bonds. The molecule has 0 bridgehead atoms. The smallest absolute Gasteiger partial charge is 0.241 e. The van der Waals surface area contributed by atoms with Crippen LogP contribution in [0.5, 0.6) is 11.5 Å². The lowest BCUT2D eigenvalue weighted by Crippen LogP contribution is -2.43. The summed E-state index contributed by atoms with van der Waals surface area (Å²) >= 11 is 0. The summed E-state index contributed by atoms with van der Waals surface area (Å²) in [5, 5.41) is 6.35. The number of rotatable bonds is 9. The molecule has 33 heavy (non-hydrogen) atoms. The standard InChI is InChI=1S/C24H33N5O3.HI/c1-5-31-21-13-18-12-17(2)32-22(18)14-19(21)15-27-24(25-3)28-16-23(30)29(4)11-9-20-8-6-7-10-26-20;/h6-8,10,13-14,17H,5,9,11-12,15-16H2,1-4H3,(H2,25,27,28);1H. The van der Waals surface area contributed by atoms with Crippen molar-refractivity contribution in [2.24, 2.45) is 4.99 Å². The van der Waals surface area contributed by atoms with Crippen LogP contribution in [0.25, 0.3) is 0 Å². The van der Waals surface area contributed by atoms with Crippen molar-refractivity contribution in [3.05, 3.63) is 53.3 Å². The molecule has 1 aliphatic rings. The predicted molar refractivity (Wildman–Crippen MR) is 141 cm³/mol. The molecule has 1 aliphatic heterocycles. The lowest BCUT2D eigenvalue weighted by molar-refractivity contribution is -0.128. The van der Waals surface area contributed by atoms with E-state index in [1.165, 1.54) is 5.56 Å². The van der Waals surface area contributed by atoms with E-state index in [4.69, 9.17) is 9.47 Å². The minimum absolute atomic E-state index is 0. The first-order chi connectivity index (χ1) is 15.5. The lowest BCUT2D eigenvalue weighted by atomic mass is 10.1. The summed E-state index contributed by atoms with van der Waals surface area (Å²) in [5.41, 5.74) is 3.13. The summed E-state index contributed by atoms with van der Waals surface area (Å²) in [5.74, 6) is 2.29. The molecule has 0 saturated carbocycles. The van der Waals surface area contributed by atoms with Gasteiger partial charge < -0.3 is 25.0 Å². The monoisotopic (exact) mass is 567 g/mol. The van der Waals surface area contributed by atoms with Gasteiger partial charge in [-0.05, 0) is 38.1 Å². The van der Waals surface area contributed by atoms with Crippen LogP contribution in [-0.2, 0) is 24.2 Å². The molecular weight excluding hydrogens is 533 g/mol. The average Bonchev–Trinajstić information content (AvgIpc) is 3.16. The maximum Gasteiger partial charge on any atom is 0.241 e. The van der Waals surface area contributed by atoms with Crippen molar-refractivity contribution in [2.45, 2.75) is 39.3 Å². The van der Waals surface area contributed by atoms with Gasteiger partial charge in [0.1, 0.15) is 17.6 Å². The summed E-state index contributed by atoms with van der Waals surface area (Å²) in [4.78, 5) is 22.7. The second-order valence-corrected chi connectivity index (χ2v) is 7.80. The summed E-state index contributed by atoms with van der Waals surface area (Å²) < 4.78 is 11.7. The molecular formula is C24H34IN5O3. The third-order valence-corrected chi connectivity index (χ3v) is 5.31. The van der Waals surface area contributed by atoms with Crippen LogP contribution in [0.1, 0.15) is 30.7 Å². The van der Waals surface area contributed by atoms with Gasteiger partial charge in [-0.25, -0.2) is 0 Å². The van der Waals surface area contributed by atoms with Gasteiger partial charge >= 0.3 is 0 Å². The first-order valence-electron chi connectivity index (χ1n) is 11.0. The number of aliphatic imine (C=N–C) groups is 1. The van der Waals surface area contributed by atoms with Crippen molar-refractivity contribution in [1.29, 1.82) is 0 Å². The number of guanidine groups is 1. The molecule has 1 atom stereocenters. The molecule has 2 heterocycles. The average molecular weight is 567 g/mol. The van der Waals surface area contributed by atoms with Crippen LogP contribution in [0.2, 0.25) is 0 Å². The maximum absolute atomic E-state index is 12.5. The zero-order valence-electron chi connectivity index (χ0n) is 19.8. The van der Waals surface area contributed by atoms with Gasteiger partial charge in [-0.2, -0.15) is 0 Å². The third-order valence-electron chi connectivity index (χ3n) is 5.31. The molecule has 1 aromatic heterocycles. The number of ether oxygens (including phenoxy) is 2. The number of hydrogen-bond acceptors (Lipinski definition) is 5. The van der Waals surface area contributed by atoms with E-state index in [2.05, 4.69) is 33.6 Å². The number of halogens is 1. The Morgan fingerprint density at radius 2 is 2.15 bits per heavy atom. The molecule has 9 heteroatoms. The van der Waals surface area contributed by atoms with Crippen molar-refractivity contribution in [3.8, 4) is 11.5 Å². The van der Waals surface area contributed by atoms with Crippen LogP contribution >= 0.6 is 24.0 Å². The second-order valence-electron chi connectivity index (χ2n) is 7.80. The number of nitrogens with one attached hydrogen (secondary N) is 2. The quantitative estimate of drug-likeness (QED) is 0.276. The van der Waals surface area contributed by atoms with Crippen molar-refractivity contribution < 1.29 is 14.3 Å². The van der Waals surface area contributed by atoms with Crippen LogP contribution in [0.3, 0.4) is 0 Å². The number of hydrogen-bond donors (Lipinski definition) is 2. The number of amides is 1. The third kappa shape index (κ3) is 7.76. The number of fused-ring (bicyclic) bond motifs is 1. The molecule has 0 fully saturated rings. The summed E-state index contributed by atoms with van der Waals surface area (Å²) in [6.07, 6.45) is 3.55. The number of pyridine rings is 1. The topological polar surface area (TPSA) is 88.1 Å². The Hall–Kier alpha value is -2.56. The van der Waals surface area contributed by atoms with E-state index in [1.807, 2.05) is 31.2 Å². The fraction of sp³-hybridized carbons (Fsp3) is 0.458. The molecule has 1 unspecified atom stereocenters. The summed E-state index contributed by atoms with van der Waals surface area (Å²) in [7, 11) is 3.48. The van der Waals surface area contributed by atoms with Crippen molar-refractivity contribution in [2.75, 3.05) is 33.8 Å². The number of nitrogens with zero attached hydrogens (tertiary/aromatic N) is 3. The lowest BCUT2D eigenvalue weighted by Gasteiger charge is -2.19. The number of aromatic nitrogens is 1. The molecule has 0 radical (unpaired) electrons. The Balaban J connectivity index is 0.00000385. The van der Waals surface area contributed by atoms with Gasteiger partial charge in [-0.3, -0.25) is 14.8 Å². The van der Waals surface area contributed by atoms with E-state index >= 15 is 0 Å². The highest BCUT2D eigenvalue weighted by Crippen LogP contribution is 2.35. The van der Waals surface area contributed by atoms with Crippen LogP contribution in [0, 0.1) is 0 Å². The van der Waals surface area contributed by atoms with Crippen molar-refractivity contribution in [3.63, 3.8) is 0 Å². The zero-order valence-corrected chi connectivity index (χ0v) is 22.1. The molecule has 1 aromatic carbocycles. The van der Waals surface area contributed by atoms with E-state index in [9.17, 15) is 4.79 Å². The SMILES string of the molecule is CCOc1cc2c(cc1CNC(=NC)NCC(=O)N(C)CCc1ccccn1)OC(C)C2.I. The molecule has 2 aromatic rings. The Kier molecular flexibility index (Phi) is 10.7. The van der Waals surface area contributed by atoms with E-state index in [0.29, 0.717) is 25.7 Å². The molecule has 3 rings (SSSR count). The van der Waals surface area contributed by atoms with Gasteiger partial charge in [-0.15, -0.1) is 24.0 Å². The number of likely N-dealkylation sites (N-methyl/N-ethyl adjacent to an activating group) is 1. The van der Waals surface area contributed by atoms with Crippen LogP contribution in [-0.4, -0.2) is 61.6 Å². The van der Waals surface area contributed by atoms with E-state index in [-0.39, 0.29) is 42.5 Å². The first-order valence-corrected chi connectivity index (χ1v) is 11.0. The van der Waals surface area contributed by atoms with Crippen molar-refractivity contribution >= 4 is 35.8 Å². The minimum Gasteiger partial charge on any atom is -0.494 e. The van der Waals surface area contributed by atoms with Crippen LogP contribution < -0.4 is 20.1 Å². The van der Waals surface area contributed by atoms with Gasteiger partial charge in [0.25, 0.3) is 0 Å². The van der Waals surface area contributed by atoms with Gasteiger partial charge in [0.15, 0.2) is 5.96 Å². The predicted octanol–water partition coefficient (Wildman–Crippen LogP) is 2.79. The Morgan fingerprint density at radius 1 is 1.33 bits per heavy atom. The van der Waals surface area contributed by atoms with Gasteiger partial charge in [0.2, 0.25) is 5.91 Å². The Bertz CT molecular complexity index is 939. The molecule has 0 spiro atoms. The van der Waals surface area contributed by atoms with Crippen LogP contribution in [0.4, 0.5) is 0 Å². The van der Waals surface area contributed by atoms with E-state index in [1.54, 1.807) is 25.2 Å². The molecule has 8 nitrogen and oxygen atoms in total. The Morgan fingerprint density at radius 3 is 2.85 bits per heavy atom. The molecule has 2 N–H and O–H groups in total. The number of benzene rings is 1. The largest absolute Gasteiger partial charge is 0.494 e. The normalized spacial score (nSPS) is 14.5. The summed E-state index contributed by atoms with van der Waals surface area (Å²) in [6, 6.07) is 9.89. The fourth-order valence-corrected chi connectivity index (χ4v) is 3.56. The first kappa shape index (κ1) is 26.7. The highest BCUT2D eigenvalue weighted by molar-refractivity contribution is 14.0. The summed E-state index contributed by atoms with van der Waals surface area (Å²) in [6.45, 7) is 5.89. The van der Waals surface area contributed by atoms with Gasteiger partial charge in [-0.1, -0.05) is 6.07 Å². The van der Waals surface area contributed by atoms with Gasteiger partial charge in [0.05, 0.1) is 13.2 Å². The highest BCUT2D eigenvalue weighted by Gasteiger charge is 2.22. The molecule has 0 aliphatic carbocycles. The van der Waals surface area contributed by atoms with Gasteiger partial charge in [0, 0.05) is 63.0 Å². The molecule has 0 saturated heterocycles. The van der Waals surface area contributed by atoms with Crippen molar-refractivity contribution in [1.82, 2.24) is 20.5 Å². The fourth-order valence-electron chi connectivity index (χ4n) is 3.56. The number of carbonyl (C=O) groups excluding carboxylic acids is 1. The maximum atomic E-state index is 12.5. The van der Waals surface area contributed by atoms with E-state index < -0.39 is 0 Å².